The lowest BCUT2D eigenvalue weighted by Crippen LogP contribution is -2.41. The summed E-state index contributed by atoms with van der Waals surface area (Å²) in [5, 5.41) is 15.7. The van der Waals surface area contributed by atoms with Gasteiger partial charge in [0, 0.05) is 6.04 Å². The van der Waals surface area contributed by atoms with Crippen LogP contribution in [0.25, 0.3) is 5.69 Å². The molecule has 2 aromatic rings. The summed E-state index contributed by atoms with van der Waals surface area (Å²) in [6.45, 7) is 6.36. The zero-order chi connectivity index (χ0) is 17.8. The highest BCUT2D eigenvalue weighted by Crippen LogP contribution is 2.24. The van der Waals surface area contributed by atoms with E-state index in [4.69, 9.17) is 0 Å². The number of aryl methyl sites for hydroxylation is 2. The number of thioether (sulfide) groups is 1. The predicted molar refractivity (Wildman–Crippen MR) is 98.9 cm³/mol. The molecule has 25 heavy (non-hydrogen) atoms. The van der Waals surface area contributed by atoms with Crippen molar-refractivity contribution in [3.8, 4) is 5.69 Å². The topological polar surface area (TPSA) is 72.7 Å². The highest BCUT2D eigenvalue weighted by molar-refractivity contribution is 7.99. The molecular formula is C18H25N5OS. The molecule has 0 radical (unpaired) electrons. The second-order valence-corrected chi connectivity index (χ2v) is 7.81. The van der Waals surface area contributed by atoms with Crippen molar-refractivity contribution in [2.45, 2.75) is 57.7 Å². The molecule has 7 heteroatoms. The van der Waals surface area contributed by atoms with Crippen LogP contribution in [0.3, 0.4) is 0 Å². The molecule has 3 rings (SSSR count). The molecule has 134 valence electrons. The molecule has 0 spiro atoms. The number of hydrogen-bond acceptors (Lipinski definition) is 5. The van der Waals surface area contributed by atoms with Crippen LogP contribution in [0.5, 0.6) is 0 Å². The smallest absolute Gasteiger partial charge is 0.230 e. The average molecular weight is 359 g/mol. The van der Waals surface area contributed by atoms with Gasteiger partial charge in [-0.05, 0) is 66.3 Å². The predicted octanol–water partition coefficient (Wildman–Crippen LogP) is 3.07. The van der Waals surface area contributed by atoms with Crippen LogP contribution in [-0.4, -0.2) is 37.9 Å². The van der Waals surface area contributed by atoms with Gasteiger partial charge in [0.1, 0.15) is 0 Å². The summed E-state index contributed by atoms with van der Waals surface area (Å²) in [6.07, 6.45) is 4.75. The molecule has 2 unspecified atom stereocenters. The highest BCUT2D eigenvalue weighted by Gasteiger charge is 2.23. The van der Waals surface area contributed by atoms with Gasteiger partial charge in [0.05, 0.1) is 11.4 Å². The number of carbonyl (C=O) groups is 1. The summed E-state index contributed by atoms with van der Waals surface area (Å²) in [6, 6.07) is 6.40. The van der Waals surface area contributed by atoms with Gasteiger partial charge >= 0.3 is 0 Å². The molecule has 6 nitrogen and oxygen atoms in total. The van der Waals surface area contributed by atoms with Crippen molar-refractivity contribution < 1.29 is 4.79 Å². The maximum absolute atomic E-state index is 12.3. The number of amides is 1. The lowest BCUT2D eigenvalue weighted by Gasteiger charge is -2.29. The number of carbonyl (C=O) groups excluding carboxylic acids is 1. The molecule has 1 saturated carbocycles. The number of tetrazole rings is 1. The maximum atomic E-state index is 12.3. The Labute approximate surface area is 152 Å². The zero-order valence-electron chi connectivity index (χ0n) is 15.0. The van der Waals surface area contributed by atoms with Crippen molar-refractivity contribution in [1.29, 1.82) is 0 Å². The van der Waals surface area contributed by atoms with E-state index in [0.717, 1.165) is 12.1 Å². The average Bonchev–Trinajstić information content (AvgIpc) is 3.06. The fourth-order valence-electron chi connectivity index (χ4n) is 3.20. The molecule has 0 saturated heterocycles. The number of rotatable bonds is 5. The molecule has 1 aliphatic rings. The van der Waals surface area contributed by atoms with Gasteiger partial charge in [-0.3, -0.25) is 4.79 Å². The van der Waals surface area contributed by atoms with Gasteiger partial charge in [-0.1, -0.05) is 37.6 Å². The quantitative estimate of drug-likeness (QED) is 0.831. The zero-order valence-corrected chi connectivity index (χ0v) is 15.8. The normalized spacial score (nSPS) is 20.4. The third-order valence-corrected chi connectivity index (χ3v) is 5.89. The van der Waals surface area contributed by atoms with Gasteiger partial charge < -0.3 is 5.32 Å². The Morgan fingerprint density at radius 2 is 2.08 bits per heavy atom. The fourth-order valence-corrected chi connectivity index (χ4v) is 3.90. The van der Waals surface area contributed by atoms with Gasteiger partial charge in [-0.15, -0.1) is 5.10 Å². The summed E-state index contributed by atoms with van der Waals surface area (Å²) in [5.74, 6) is 0.941. The molecule has 1 amide bonds. The van der Waals surface area contributed by atoms with Gasteiger partial charge in [-0.2, -0.15) is 4.68 Å². The second-order valence-electron chi connectivity index (χ2n) is 6.87. The van der Waals surface area contributed by atoms with Crippen LogP contribution in [0, 0.1) is 19.8 Å². The van der Waals surface area contributed by atoms with Crippen LogP contribution in [0.1, 0.15) is 43.7 Å². The number of nitrogens with zero attached hydrogens (tertiary/aromatic N) is 4. The van der Waals surface area contributed by atoms with E-state index in [1.54, 1.807) is 4.68 Å². The fraction of sp³-hybridized carbons (Fsp3) is 0.556. The standard InChI is InChI=1S/C18H25N5OS/c1-12-8-9-15(10-14(12)3)23-18(20-21-22-23)25-11-17(24)19-16-7-5-4-6-13(16)2/h8-10,13,16H,4-7,11H2,1-3H3,(H,19,24). The van der Waals surface area contributed by atoms with E-state index in [1.807, 2.05) is 6.07 Å². The van der Waals surface area contributed by atoms with Crippen molar-refractivity contribution in [2.75, 3.05) is 5.75 Å². The number of aromatic nitrogens is 4. The van der Waals surface area contributed by atoms with Crippen molar-refractivity contribution in [3.05, 3.63) is 29.3 Å². The minimum atomic E-state index is 0.0541. The Balaban J connectivity index is 1.61. The molecule has 0 bridgehead atoms. The van der Waals surface area contributed by atoms with Gasteiger partial charge in [0.15, 0.2) is 0 Å². The van der Waals surface area contributed by atoms with Crippen LogP contribution >= 0.6 is 11.8 Å². The Bertz CT molecular complexity index is 745. The molecule has 1 heterocycles. The third-order valence-electron chi connectivity index (χ3n) is 4.97. The first-order chi connectivity index (χ1) is 12.0. The minimum Gasteiger partial charge on any atom is -0.352 e. The highest BCUT2D eigenvalue weighted by atomic mass is 32.2. The largest absolute Gasteiger partial charge is 0.352 e. The lowest BCUT2D eigenvalue weighted by atomic mass is 9.86. The summed E-state index contributed by atoms with van der Waals surface area (Å²) in [4.78, 5) is 12.3. The molecule has 0 aliphatic heterocycles. The molecule has 1 aromatic carbocycles. The summed E-state index contributed by atoms with van der Waals surface area (Å²) in [5.41, 5.74) is 3.33. The Morgan fingerprint density at radius 1 is 1.28 bits per heavy atom. The van der Waals surface area contributed by atoms with Crippen molar-refractivity contribution in [3.63, 3.8) is 0 Å². The molecule has 1 aromatic heterocycles. The Morgan fingerprint density at radius 3 is 2.84 bits per heavy atom. The Hall–Kier alpha value is -1.89. The second kappa shape index (κ2) is 7.99. The molecule has 1 N–H and O–H groups in total. The SMILES string of the molecule is Cc1ccc(-n2nnnc2SCC(=O)NC2CCCCC2C)cc1C. The van der Waals surface area contributed by atoms with Crippen LogP contribution in [0.4, 0.5) is 0 Å². The van der Waals surface area contributed by atoms with E-state index >= 15 is 0 Å². The molecular weight excluding hydrogens is 334 g/mol. The van der Waals surface area contributed by atoms with E-state index < -0.39 is 0 Å². The Kier molecular flexibility index (Phi) is 5.73. The number of benzene rings is 1. The third kappa shape index (κ3) is 4.39. The summed E-state index contributed by atoms with van der Waals surface area (Å²) < 4.78 is 1.69. The molecule has 1 fully saturated rings. The van der Waals surface area contributed by atoms with E-state index in [-0.39, 0.29) is 5.91 Å². The van der Waals surface area contributed by atoms with Crippen molar-refractivity contribution in [2.24, 2.45) is 5.92 Å². The summed E-state index contributed by atoms with van der Waals surface area (Å²) >= 11 is 1.37. The van der Waals surface area contributed by atoms with E-state index in [0.29, 0.717) is 22.9 Å². The molecule has 2 atom stereocenters. The van der Waals surface area contributed by atoms with E-state index in [2.05, 4.69) is 53.7 Å². The van der Waals surface area contributed by atoms with Gasteiger partial charge in [-0.25, -0.2) is 0 Å². The first-order valence-corrected chi connectivity index (χ1v) is 9.81. The minimum absolute atomic E-state index is 0.0541. The maximum Gasteiger partial charge on any atom is 0.230 e. The van der Waals surface area contributed by atoms with Crippen molar-refractivity contribution >= 4 is 17.7 Å². The van der Waals surface area contributed by atoms with Gasteiger partial charge in [0.25, 0.3) is 0 Å². The number of hydrogen-bond donors (Lipinski definition) is 1. The molecule has 1 aliphatic carbocycles. The van der Waals surface area contributed by atoms with Gasteiger partial charge in [0.2, 0.25) is 11.1 Å². The van der Waals surface area contributed by atoms with E-state index in [1.165, 1.54) is 42.2 Å². The first kappa shape index (κ1) is 17.9. The van der Waals surface area contributed by atoms with Crippen LogP contribution in [-0.2, 0) is 4.79 Å². The first-order valence-electron chi connectivity index (χ1n) is 8.83. The lowest BCUT2D eigenvalue weighted by molar-refractivity contribution is -0.119. The van der Waals surface area contributed by atoms with Crippen molar-refractivity contribution in [1.82, 2.24) is 25.5 Å². The monoisotopic (exact) mass is 359 g/mol. The van der Waals surface area contributed by atoms with E-state index in [9.17, 15) is 4.79 Å². The van der Waals surface area contributed by atoms with Crippen LogP contribution in [0.2, 0.25) is 0 Å². The number of nitrogens with one attached hydrogen (secondary N) is 1. The van der Waals surface area contributed by atoms with Crippen LogP contribution < -0.4 is 5.32 Å². The summed E-state index contributed by atoms with van der Waals surface area (Å²) in [7, 11) is 0. The van der Waals surface area contributed by atoms with Crippen LogP contribution in [0.15, 0.2) is 23.4 Å².